The minimum absolute atomic E-state index is 0.768. The van der Waals surface area contributed by atoms with Crippen LogP contribution in [0.1, 0.15) is 57.7 Å². The molecule has 1 aliphatic rings. The van der Waals surface area contributed by atoms with Crippen LogP contribution in [0.25, 0.3) is 5.57 Å². The first-order valence-corrected chi connectivity index (χ1v) is 9.80. The van der Waals surface area contributed by atoms with Crippen LogP contribution in [0.15, 0.2) is 71.6 Å². The number of nitrogens with two attached hydrogens (primary N) is 1. The number of rotatable bonds is 6. The number of fused-ring (bicyclic) bond motifs is 1. The number of hydrogen-bond donors (Lipinski definition) is 1. The van der Waals surface area contributed by atoms with Crippen LogP contribution in [-0.2, 0) is 6.42 Å². The van der Waals surface area contributed by atoms with Crippen LogP contribution in [0.2, 0.25) is 0 Å². The SMILES string of the molecule is C=C1C=C(/C=C\C=C(/C)CC=C(C)C)Oc2cc(N)c(CC=C(C)C)c(C)c21. The number of hydrogen-bond acceptors (Lipinski definition) is 2. The minimum atomic E-state index is 0.768. The molecule has 2 nitrogen and oxygen atoms in total. The first-order chi connectivity index (χ1) is 13.2. The maximum atomic E-state index is 6.33. The lowest BCUT2D eigenvalue weighted by atomic mass is 9.91. The van der Waals surface area contributed by atoms with Gasteiger partial charge in [0, 0.05) is 17.3 Å². The topological polar surface area (TPSA) is 35.2 Å². The van der Waals surface area contributed by atoms with Gasteiger partial charge in [-0.25, -0.2) is 0 Å². The van der Waals surface area contributed by atoms with E-state index in [1.165, 1.54) is 16.7 Å². The molecule has 1 aromatic carbocycles. The highest BCUT2D eigenvalue weighted by Gasteiger charge is 2.20. The van der Waals surface area contributed by atoms with Crippen molar-refractivity contribution in [1.82, 2.24) is 0 Å². The lowest BCUT2D eigenvalue weighted by Crippen LogP contribution is -2.08. The fourth-order valence-corrected chi connectivity index (χ4v) is 3.13. The van der Waals surface area contributed by atoms with E-state index >= 15 is 0 Å². The molecule has 0 spiro atoms. The second kappa shape index (κ2) is 9.45. The molecule has 0 fully saturated rings. The number of ether oxygens (including phenoxy) is 1. The third kappa shape index (κ3) is 5.63. The summed E-state index contributed by atoms with van der Waals surface area (Å²) < 4.78 is 6.10. The molecule has 28 heavy (non-hydrogen) atoms. The lowest BCUT2D eigenvalue weighted by Gasteiger charge is -2.23. The van der Waals surface area contributed by atoms with Gasteiger partial charge in [0.25, 0.3) is 0 Å². The molecular formula is C26H33NO. The molecule has 0 bridgehead atoms. The van der Waals surface area contributed by atoms with E-state index in [1.807, 2.05) is 24.3 Å². The van der Waals surface area contributed by atoms with Gasteiger partial charge in [0.05, 0.1) is 0 Å². The minimum Gasteiger partial charge on any atom is -0.457 e. The third-order valence-corrected chi connectivity index (χ3v) is 4.76. The average Bonchev–Trinajstić information content (AvgIpc) is 2.58. The van der Waals surface area contributed by atoms with E-state index in [0.29, 0.717) is 0 Å². The molecule has 0 saturated carbocycles. The van der Waals surface area contributed by atoms with Gasteiger partial charge in [-0.05, 0) is 83.2 Å². The van der Waals surface area contributed by atoms with E-state index in [1.54, 1.807) is 0 Å². The highest BCUT2D eigenvalue weighted by molar-refractivity contribution is 5.83. The van der Waals surface area contributed by atoms with Gasteiger partial charge in [-0.3, -0.25) is 0 Å². The molecule has 0 amide bonds. The zero-order valence-electron chi connectivity index (χ0n) is 18.1. The van der Waals surface area contributed by atoms with Crippen molar-refractivity contribution >= 4 is 11.3 Å². The molecule has 0 aromatic heterocycles. The number of nitrogen functional groups attached to an aromatic ring is 1. The predicted octanol–water partition coefficient (Wildman–Crippen LogP) is 7.23. The monoisotopic (exact) mass is 375 g/mol. The summed E-state index contributed by atoms with van der Waals surface area (Å²) in [6.07, 6.45) is 14.3. The van der Waals surface area contributed by atoms with E-state index in [2.05, 4.69) is 66.3 Å². The van der Waals surface area contributed by atoms with Crippen molar-refractivity contribution in [2.75, 3.05) is 5.73 Å². The predicted molar refractivity (Wildman–Crippen MR) is 123 cm³/mol. The van der Waals surface area contributed by atoms with Crippen molar-refractivity contribution in [2.45, 2.75) is 54.4 Å². The van der Waals surface area contributed by atoms with E-state index in [0.717, 1.165) is 52.3 Å². The van der Waals surface area contributed by atoms with E-state index in [4.69, 9.17) is 10.5 Å². The summed E-state index contributed by atoms with van der Waals surface area (Å²) >= 11 is 0. The van der Waals surface area contributed by atoms with Crippen LogP contribution in [0.5, 0.6) is 5.75 Å². The van der Waals surface area contributed by atoms with Gasteiger partial charge in [-0.15, -0.1) is 0 Å². The van der Waals surface area contributed by atoms with Gasteiger partial charge in [-0.2, -0.15) is 0 Å². The maximum Gasteiger partial charge on any atom is 0.137 e. The van der Waals surface area contributed by atoms with E-state index in [9.17, 15) is 0 Å². The van der Waals surface area contributed by atoms with Crippen LogP contribution in [0.4, 0.5) is 5.69 Å². The summed E-state index contributed by atoms with van der Waals surface area (Å²) in [4.78, 5) is 0. The van der Waals surface area contributed by atoms with Crippen molar-refractivity contribution in [3.8, 4) is 5.75 Å². The first kappa shape index (κ1) is 21.6. The largest absolute Gasteiger partial charge is 0.457 e. The zero-order valence-corrected chi connectivity index (χ0v) is 18.1. The Labute approximate surface area is 170 Å². The molecule has 2 heteroatoms. The summed E-state index contributed by atoms with van der Waals surface area (Å²) in [6, 6.07) is 1.93. The number of anilines is 1. The Kier molecular flexibility index (Phi) is 7.28. The molecule has 148 valence electrons. The average molecular weight is 376 g/mol. The molecule has 0 saturated heterocycles. The van der Waals surface area contributed by atoms with Crippen molar-refractivity contribution in [1.29, 1.82) is 0 Å². The molecule has 0 radical (unpaired) electrons. The summed E-state index contributed by atoms with van der Waals surface area (Å²) in [7, 11) is 0. The van der Waals surface area contributed by atoms with Crippen molar-refractivity contribution in [3.05, 3.63) is 88.3 Å². The molecule has 0 atom stereocenters. The van der Waals surface area contributed by atoms with E-state index in [-0.39, 0.29) is 0 Å². The van der Waals surface area contributed by atoms with Crippen LogP contribution < -0.4 is 10.5 Å². The summed E-state index contributed by atoms with van der Waals surface area (Å²) in [5.74, 6) is 1.56. The smallest absolute Gasteiger partial charge is 0.137 e. The van der Waals surface area contributed by atoms with Crippen molar-refractivity contribution < 1.29 is 4.74 Å². The molecular weight excluding hydrogens is 342 g/mol. The van der Waals surface area contributed by atoms with Crippen LogP contribution in [0.3, 0.4) is 0 Å². The molecule has 2 N–H and O–H groups in total. The van der Waals surface area contributed by atoms with Gasteiger partial charge in [-0.1, -0.05) is 47.6 Å². The lowest BCUT2D eigenvalue weighted by molar-refractivity contribution is 0.439. The van der Waals surface area contributed by atoms with Gasteiger partial charge in [0.1, 0.15) is 11.5 Å². The van der Waals surface area contributed by atoms with Gasteiger partial charge in [0.2, 0.25) is 0 Å². The highest BCUT2D eigenvalue weighted by Crippen LogP contribution is 2.39. The fraction of sp³-hybridized carbons (Fsp3) is 0.308. The van der Waals surface area contributed by atoms with Crippen molar-refractivity contribution in [3.63, 3.8) is 0 Å². The maximum absolute atomic E-state index is 6.33. The van der Waals surface area contributed by atoms with Gasteiger partial charge >= 0.3 is 0 Å². The first-order valence-electron chi connectivity index (χ1n) is 9.80. The third-order valence-electron chi connectivity index (χ3n) is 4.76. The Morgan fingerprint density at radius 1 is 1.11 bits per heavy atom. The molecule has 1 aromatic rings. The Morgan fingerprint density at radius 3 is 2.43 bits per heavy atom. The van der Waals surface area contributed by atoms with Crippen LogP contribution in [0, 0.1) is 6.92 Å². The van der Waals surface area contributed by atoms with E-state index < -0.39 is 0 Å². The van der Waals surface area contributed by atoms with Crippen molar-refractivity contribution in [2.24, 2.45) is 0 Å². The zero-order chi connectivity index (χ0) is 20.8. The molecule has 1 heterocycles. The molecule has 2 rings (SSSR count). The highest BCUT2D eigenvalue weighted by atomic mass is 16.5. The van der Waals surface area contributed by atoms with Gasteiger partial charge < -0.3 is 10.5 Å². The standard InChI is InChI=1S/C26H33NO/c1-17(2)11-13-19(5)9-8-10-22-15-20(6)26-21(7)23(14-12-18(3)4)24(27)16-25(26)28-22/h8-12,15-16H,6,13-14,27H2,1-5,7H3/b10-8-,19-9+. The number of benzene rings is 1. The van der Waals surface area contributed by atoms with Crippen LogP contribution in [-0.4, -0.2) is 0 Å². The normalized spacial score (nSPS) is 13.7. The molecule has 0 unspecified atom stereocenters. The Hall–Kier alpha value is -2.74. The van der Waals surface area contributed by atoms with Gasteiger partial charge in [0.15, 0.2) is 0 Å². The molecule has 1 aliphatic heterocycles. The van der Waals surface area contributed by atoms with Crippen LogP contribution >= 0.6 is 0 Å². The summed E-state index contributed by atoms with van der Waals surface area (Å²) in [6.45, 7) is 16.9. The second-order valence-corrected chi connectivity index (χ2v) is 7.96. The molecule has 0 aliphatic carbocycles. The summed E-state index contributed by atoms with van der Waals surface area (Å²) in [5.41, 5.74) is 15.3. The Balaban J connectivity index is 2.24. The fourth-order valence-electron chi connectivity index (χ4n) is 3.13. The second-order valence-electron chi connectivity index (χ2n) is 7.96. The number of allylic oxidation sites excluding steroid dienone is 10. The Bertz CT molecular complexity index is 912. The summed E-state index contributed by atoms with van der Waals surface area (Å²) in [5, 5.41) is 0. The quantitative estimate of drug-likeness (QED) is 0.323. The Morgan fingerprint density at radius 2 is 1.79 bits per heavy atom.